The van der Waals surface area contributed by atoms with Gasteiger partial charge in [0.1, 0.15) is 11.6 Å². The SMILES string of the molecule is CN=C(NCc1ccc(Oc2cccc(F)c2)nc1)N1CC(C)C(C(=O)OC)C1.I. The molecule has 0 spiro atoms. The van der Waals surface area contributed by atoms with Crippen LogP contribution in [0, 0.1) is 17.7 Å². The number of likely N-dealkylation sites (tertiary alicyclic amines) is 1. The van der Waals surface area contributed by atoms with Crippen molar-refractivity contribution in [3.8, 4) is 11.6 Å². The van der Waals surface area contributed by atoms with Crippen LogP contribution < -0.4 is 10.1 Å². The number of aromatic nitrogens is 1. The molecule has 9 heteroatoms. The first kappa shape index (κ1) is 23.8. The Morgan fingerprint density at radius 3 is 2.77 bits per heavy atom. The Hall–Kier alpha value is -2.43. The van der Waals surface area contributed by atoms with E-state index in [0.29, 0.717) is 24.7 Å². The Bertz CT molecular complexity index is 879. The van der Waals surface area contributed by atoms with Gasteiger partial charge in [0.15, 0.2) is 5.96 Å². The second kappa shape index (κ2) is 11.1. The number of rotatable bonds is 5. The molecule has 30 heavy (non-hydrogen) atoms. The minimum Gasteiger partial charge on any atom is -0.469 e. The van der Waals surface area contributed by atoms with Gasteiger partial charge in [-0.15, -0.1) is 24.0 Å². The topological polar surface area (TPSA) is 76.1 Å². The minimum absolute atomic E-state index is 0. The van der Waals surface area contributed by atoms with E-state index in [1.54, 1.807) is 31.4 Å². The van der Waals surface area contributed by atoms with Crippen molar-refractivity contribution in [2.24, 2.45) is 16.8 Å². The molecule has 1 aromatic heterocycles. The normalized spacial score (nSPS) is 18.5. The first-order valence-electron chi connectivity index (χ1n) is 9.42. The highest BCUT2D eigenvalue weighted by Crippen LogP contribution is 2.24. The van der Waals surface area contributed by atoms with Crippen molar-refractivity contribution >= 4 is 35.9 Å². The molecule has 2 heterocycles. The van der Waals surface area contributed by atoms with Gasteiger partial charge in [0.25, 0.3) is 0 Å². The number of hydrogen-bond acceptors (Lipinski definition) is 5. The van der Waals surface area contributed by atoms with Crippen LogP contribution in [0.15, 0.2) is 47.6 Å². The molecule has 0 saturated carbocycles. The molecule has 2 atom stereocenters. The molecule has 1 aromatic carbocycles. The molecular formula is C21H26FIN4O3. The number of halogens is 2. The molecular weight excluding hydrogens is 502 g/mol. The van der Waals surface area contributed by atoms with Gasteiger partial charge < -0.3 is 19.7 Å². The number of hydrogen-bond donors (Lipinski definition) is 1. The van der Waals surface area contributed by atoms with E-state index in [2.05, 4.69) is 20.2 Å². The molecule has 1 N–H and O–H groups in total. The summed E-state index contributed by atoms with van der Waals surface area (Å²) in [4.78, 5) is 22.5. The van der Waals surface area contributed by atoms with Crippen molar-refractivity contribution in [3.05, 3.63) is 54.0 Å². The number of guanidine groups is 1. The third kappa shape index (κ3) is 6.04. The maximum absolute atomic E-state index is 13.2. The first-order chi connectivity index (χ1) is 14.0. The van der Waals surface area contributed by atoms with E-state index < -0.39 is 0 Å². The van der Waals surface area contributed by atoms with Gasteiger partial charge in [-0.2, -0.15) is 0 Å². The monoisotopic (exact) mass is 528 g/mol. The molecule has 1 saturated heterocycles. The summed E-state index contributed by atoms with van der Waals surface area (Å²) in [7, 11) is 3.13. The van der Waals surface area contributed by atoms with E-state index in [0.717, 1.165) is 18.1 Å². The van der Waals surface area contributed by atoms with E-state index >= 15 is 0 Å². The number of carbonyl (C=O) groups excluding carboxylic acids is 1. The smallest absolute Gasteiger partial charge is 0.310 e. The van der Waals surface area contributed by atoms with Crippen LogP contribution in [0.4, 0.5) is 4.39 Å². The standard InChI is InChI=1S/C21H25FN4O3.HI/c1-14-12-26(13-18(14)20(27)28-3)21(23-2)25-11-15-7-8-19(24-10-15)29-17-6-4-5-16(22)9-17;/h4-10,14,18H,11-13H2,1-3H3,(H,23,25);1H. The molecule has 0 amide bonds. The Morgan fingerprint density at radius 2 is 2.13 bits per heavy atom. The van der Waals surface area contributed by atoms with Crippen molar-refractivity contribution in [1.29, 1.82) is 0 Å². The van der Waals surface area contributed by atoms with Crippen molar-refractivity contribution in [2.45, 2.75) is 13.5 Å². The third-order valence-electron chi connectivity index (χ3n) is 4.89. The van der Waals surface area contributed by atoms with Crippen molar-refractivity contribution in [2.75, 3.05) is 27.2 Å². The average molecular weight is 528 g/mol. The molecule has 0 radical (unpaired) electrons. The summed E-state index contributed by atoms with van der Waals surface area (Å²) >= 11 is 0. The number of nitrogens with zero attached hydrogens (tertiary/aromatic N) is 3. The van der Waals surface area contributed by atoms with Gasteiger partial charge in [0.05, 0.1) is 13.0 Å². The molecule has 0 bridgehead atoms. The summed E-state index contributed by atoms with van der Waals surface area (Å²) in [6.07, 6.45) is 1.69. The molecule has 1 aliphatic rings. The number of benzene rings is 1. The van der Waals surface area contributed by atoms with Crippen LogP contribution in [0.2, 0.25) is 0 Å². The van der Waals surface area contributed by atoms with Gasteiger partial charge >= 0.3 is 5.97 Å². The largest absolute Gasteiger partial charge is 0.469 e. The molecule has 2 aromatic rings. The average Bonchev–Trinajstić information content (AvgIpc) is 3.10. The highest BCUT2D eigenvalue weighted by Gasteiger charge is 2.36. The van der Waals surface area contributed by atoms with Gasteiger partial charge in [-0.05, 0) is 23.6 Å². The third-order valence-corrected chi connectivity index (χ3v) is 4.89. The number of pyridine rings is 1. The number of esters is 1. The Morgan fingerprint density at radius 1 is 1.33 bits per heavy atom. The van der Waals surface area contributed by atoms with Crippen molar-refractivity contribution in [3.63, 3.8) is 0 Å². The number of carbonyl (C=O) groups is 1. The highest BCUT2D eigenvalue weighted by atomic mass is 127. The zero-order valence-corrected chi connectivity index (χ0v) is 19.5. The predicted molar refractivity (Wildman–Crippen MR) is 123 cm³/mol. The summed E-state index contributed by atoms with van der Waals surface area (Å²) in [5, 5.41) is 3.30. The van der Waals surface area contributed by atoms with E-state index in [1.807, 2.05) is 13.0 Å². The quantitative estimate of drug-likeness (QED) is 0.278. The van der Waals surface area contributed by atoms with Crippen molar-refractivity contribution in [1.82, 2.24) is 15.2 Å². The van der Waals surface area contributed by atoms with Crippen LogP contribution in [-0.2, 0) is 16.1 Å². The lowest BCUT2D eigenvalue weighted by Gasteiger charge is -2.21. The summed E-state index contributed by atoms with van der Waals surface area (Å²) in [5.41, 5.74) is 0.939. The minimum atomic E-state index is -0.361. The van der Waals surface area contributed by atoms with E-state index in [9.17, 15) is 9.18 Å². The number of ether oxygens (including phenoxy) is 2. The molecule has 7 nitrogen and oxygen atoms in total. The molecule has 3 rings (SSSR count). The Kier molecular flexibility index (Phi) is 8.82. The van der Waals surface area contributed by atoms with Crippen LogP contribution in [0.1, 0.15) is 12.5 Å². The van der Waals surface area contributed by atoms with Gasteiger partial charge in [-0.25, -0.2) is 9.37 Å². The zero-order chi connectivity index (χ0) is 20.8. The highest BCUT2D eigenvalue weighted by molar-refractivity contribution is 14.0. The Labute approximate surface area is 192 Å². The number of nitrogens with one attached hydrogen (secondary N) is 1. The molecule has 2 unspecified atom stereocenters. The first-order valence-corrected chi connectivity index (χ1v) is 9.42. The van der Waals surface area contributed by atoms with Gasteiger partial charge in [-0.3, -0.25) is 9.79 Å². The van der Waals surface area contributed by atoms with Crippen LogP contribution >= 0.6 is 24.0 Å². The van der Waals surface area contributed by atoms with Crippen LogP contribution in [0.25, 0.3) is 0 Å². The molecule has 162 valence electrons. The summed E-state index contributed by atoms with van der Waals surface area (Å²) in [5.74, 6) is 1.00. The number of aliphatic imine (C=N–C) groups is 1. The second-order valence-corrected chi connectivity index (χ2v) is 6.98. The fourth-order valence-corrected chi connectivity index (χ4v) is 3.34. The van der Waals surface area contributed by atoms with Crippen LogP contribution in [0.5, 0.6) is 11.6 Å². The lowest BCUT2D eigenvalue weighted by atomic mass is 9.99. The van der Waals surface area contributed by atoms with Crippen LogP contribution in [0.3, 0.4) is 0 Å². The van der Waals surface area contributed by atoms with Gasteiger partial charge in [0, 0.05) is 45.0 Å². The lowest BCUT2D eigenvalue weighted by molar-refractivity contribution is -0.145. The maximum Gasteiger partial charge on any atom is 0.310 e. The molecule has 0 aliphatic carbocycles. The molecule has 1 aliphatic heterocycles. The zero-order valence-electron chi connectivity index (χ0n) is 17.2. The summed E-state index contributed by atoms with van der Waals surface area (Å²) < 4.78 is 23.7. The number of methoxy groups -OCH3 is 1. The second-order valence-electron chi connectivity index (χ2n) is 6.98. The van der Waals surface area contributed by atoms with Crippen molar-refractivity contribution < 1.29 is 18.7 Å². The van der Waals surface area contributed by atoms with Crippen LogP contribution in [-0.4, -0.2) is 49.1 Å². The maximum atomic E-state index is 13.2. The van der Waals surface area contributed by atoms with Gasteiger partial charge in [0.2, 0.25) is 5.88 Å². The van der Waals surface area contributed by atoms with E-state index in [-0.39, 0.29) is 47.6 Å². The fraction of sp³-hybridized carbons (Fsp3) is 0.381. The summed E-state index contributed by atoms with van der Waals surface area (Å²) in [6, 6.07) is 9.53. The van der Waals surface area contributed by atoms with E-state index in [4.69, 9.17) is 9.47 Å². The fourth-order valence-electron chi connectivity index (χ4n) is 3.34. The van der Waals surface area contributed by atoms with E-state index in [1.165, 1.54) is 19.2 Å². The predicted octanol–water partition coefficient (Wildman–Crippen LogP) is 3.45. The Balaban J connectivity index is 0.00000320. The summed E-state index contributed by atoms with van der Waals surface area (Å²) in [6.45, 7) is 3.87. The lowest BCUT2D eigenvalue weighted by Crippen LogP contribution is -2.40. The van der Waals surface area contributed by atoms with Gasteiger partial charge in [-0.1, -0.05) is 19.1 Å². The molecule has 1 fully saturated rings.